The first-order valence-corrected chi connectivity index (χ1v) is 9.86. The first kappa shape index (κ1) is 15.7. The van der Waals surface area contributed by atoms with E-state index in [1.165, 1.54) is 4.21 Å². The summed E-state index contributed by atoms with van der Waals surface area (Å²) in [7, 11) is 0. The van der Waals surface area contributed by atoms with E-state index in [2.05, 4.69) is 22.1 Å². The van der Waals surface area contributed by atoms with Gasteiger partial charge in [0.25, 0.3) is 5.91 Å². The molecule has 2 N–H and O–H groups in total. The standard InChI is InChI=1S/C18H18N2O2S2/c21-18(20-12-7-8-19-10-12)17-14(11-24-16-6-3-9-23-16)13-4-1-2-5-15(13)22-17/h1-6,9,12,19H,7-8,10-11H2,(H,20,21). The van der Waals surface area contributed by atoms with Gasteiger partial charge in [-0.1, -0.05) is 24.3 Å². The predicted octanol–water partition coefficient (Wildman–Crippen LogP) is 3.88. The summed E-state index contributed by atoms with van der Waals surface area (Å²) in [5.74, 6) is 1.07. The Morgan fingerprint density at radius 2 is 2.25 bits per heavy atom. The summed E-state index contributed by atoms with van der Waals surface area (Å²) in [6.07, 6.45) is 0.964. The summed E-state index contributed by atoms with van der Waals surface area (Å²) < 4.78 is 7.14. The zero-order chi connectivity index (χ0) is 16.4. The van der Waals surface area contributed by atoms with E-state index in [1.54, 1.807) is 23.1 Å². The van der Waals surface area contributed by atoms with E-state index in [4.69, 9.17) is 4.42 Å². The third-order valence-electron chi connectivity index (χ3n) is 4.15. The second-order valence-electron chi connectivity index (χ2n) is 5.79. The second kappa shape index (κ2) is 7.01. The van der Waals surface area contributed by atoms with Crippen molar-refractivity contribution in [3.8, 4) is 0 Å². The predicted molar refractivity (Wildman–Crippen MR) is 98.8 cm³/mol. The third-order valence-corrected chi connectivity index (χ3v) is 6.31. The van der Waals surface area contributed by atoms with Gasteiger partial charge in [-0.15, -0.1) is 23.1 Å². The molecule has 1 aromatic carbocycles. The van der Waals surface area contributed by atoms with Gasteiger partial charge in [0.15, 0.2) is 5.76 Å². The highest BCUT2D eigenvalue weighted by atomic mass is 32.2. The van der Waals surface area contributed by atoms with Gasteiger partial charge in [-0.3, -0.25) is 4.79 Å². The molecule has 4 nitrogen and oxygen atoms in total. The minimum atomic E-state index is -0.110. The molecule has 0 bridgehead atoms. The van der Waals surface area contributed by atoms with Gasteiger partial charge in [-0.2, -0.15) is 0 Å². The summed E-state index contributed by atoms with van der Waals surface area (Å²) >= 11 is 3.45. The summed E-state index contributed by atoms with van der Waals surface area (Å²) in [6.45, 7) is 1.78. The number of carbonyl (C=O) groups is 1. The van der Waals surface area contributed by atoms with Crippen LogP contribution < -0.4 is 10.6 Å². The van der Waals surface area contributed by atoms with Crippen molar-refractivity contribution in [1.29, 1.82) is 0 Å². The smallest absolute Gasteiger partial charge is 0.287 e. The lowest BCUT2D eigenvalue weighted by Gasteiger charge is -2.10. The van der Waals surface area contributed by atoms with Gasteiger partial charge in [0.2, 0.25) is 0 Å². The van der Waals surface area contributed by atoms with Crippen LogP contribution >= 0.6 is 23.1 Å². The lowest BCUT2D eigenvalue weighted by atomic mass is 10.1. The molecule has 0 saturated carbocycles. The summed E-state index contributed by atoms with van der Waals surface area (Å²) in [4.78, 5) is 12.7. The maximum atomic E-state index is 12.7. The van der Waals surface area contributed by atoms with Crippen LogP contribution in [0.15, 0.2) is 50.4 Å². The van der Waals surface area contributed by atoms with Gasteiger partial charge in [0.1, 0.15) is 5.58 Å². The Hall–Kier alpha value is -1.76. The molecule has 3 heterocycles. The molecule has 2 aromatic heterocycles. The fourth-order valence-electron chi connectivity index (χ4n) is 2.94. The Morgan fingerprint density at radius 1 is 1.33 bits per heavy atom. The quantitative estimate of drug-likeness (QED) is 0.680. The van der Waals surface area contributed by atoms with Crippen LogP contribution in [0.25, 0.3) is 11.0 Å². The number of hydrogen-bond donors (Lipinski definition) is 2. The molecule has 24 heavy (non-hydrogen) atoms. The number of furan rings is 1. The van der Waals surface area contributed by atoms with Crippen molar-refractivity contribution in [2.45, 2.75) is 22.4 Å². The summed E-state index contributed by atoms with van der Waals surface area (Å²) in [5.41, 5.74) is 1.75. The molecule has 1 aliphatic heterocycles. The largest absolute Gasteiger partial charge is 0.451 e. The highest BCUT2D eigenvalue weighted by Crippen LogP contribution is 2.33. The maximum Gasteiger partial charge on any atom is 0.287 e. The van der Waals surface area contributed by atoms with Gasteiger partial charge < -0.3 is 15.1 Å². The minimum Gasteiger partial charge on any atom is -0.451 e. The van der Waals surface area contributed by atoms with Crippen LogP contribution in [-0.4, -0.2) is 25.0 Å². The Labute approximate surface area is 148 Å². The zero-order valence-corrected chi connectivity index (χ0v) is 14.7. The fourth-order valence-corrected chi connectivity index (χ4v) is 4.76. The normalized spacial score (nSPS) is 17.4. The molecule has 3 aromatic rings. The van der Waals surface area contributed by atoms with Crippen LogP contribution in [0.4, 0.5) is 0 Å². The molecule has 1 saturated heterocycles. The van der Waals surface area contributed by atoms with E-state index in [0.717, 1.165) is 41.8 Å². The summed E-state index contributed by atoms with van der Waals surface area (Å²) in [5, 5.41) is 9.44. The van der Waals surface area contributed by atoms with E-state index in [1.807, 2.05) is 30.3 Å². The molecule has 0 aliphatic carbocycles. The molecule has 6 heteroatoms. The number of fused-ring (bicyclic) bond motifs is 1. The maximum absolute atomic E-state index is 12.7. The molecule has 1 unspecified atom stereocenters. The number of hydrogen-bond acceptors (Lipinski definition) is 5. The van der Waals surface area contributed by atoms with Crippen LogP contribution in [-0.2, 0) is 5.75 Å². The van der Waals surface area contributed by atoms with Crippen LogP contribution in [0.5, 0.6) is 0 Å². The van der Waals surface area contributed by atoms with Crippen molar-refractivity contribution >= 4 is 40.0 Å². The Kier molecular flexibility index (Phi) is 4.60. The van der Waals surface area contributed by atoms with Crippen LogP contribution in [0, 0.1) is 0 Å². The molecule has 0 radical (unpaired) electrons. The third kappa shape index (κ3) is 3.22. The molecule has 4 rings (SSSR count). The molecular weight excluding hydrogens is 340 g/mol. The lowest BCUT2D eigenvalue weighted by Crippen LogP contribution is -2.36. The van der Waals surface area contributed by atoms with Crippen molar-refractivity contribution in [2.75, 3.05) is 13.1 Å². The number of rotatable bonds is 5. The van der Waals surface area contributed by atoms with Crippen molar-refractivity contribution in [3.05, 3.63) is 53.1 Å². The number of thiophene rings is 1. The van der Waals surface area contributed by atoms with Crippen molar-refractivity contribution < 1.29 is 9.21 Å². The van der Waals surface area contributed by atoms with Crippen LogP contribution in [0.1, 0.15) is 22.5 Å². The molecule has 124 valence electrons. The molecule has 1 fully saturated rings. The minimum absolute atomic E-state index is 0.110. The number of para-hydroxylation sites is 1. The first-order valence-electron chi connectivity index (χ1n) is 7.99. The van der Waals surface area contributed by atoms with E-state index >= 15 is 0 Å². The average molecular weight is 358 g/mol. The van der Waals surface area contributed by atoms with Crippen molar-refractivity contribution in [2.24, 2.45) is 0 Å². The lowest BCUT2D eigenvalue weighted by molar-refractivity contribution is 0.0913. The Morgan fingerprint density at radius 3 is 3.04 bits per heavy atom. The number of nitrogens with one attached hydrogen (secondary N) is 2. The number of benzene rings is 1. The second-order valence-corrected chi connectivity index (χ2v) is 8.01. The van der Waals surface area contributed by atoms with E-state index in [-0.39, 0.29) is 11.9 Å². The van der Waals surface area contributed by atoms with E-state index in [0.29, 0.717) is 5.76 Å². The molecule has 0 spiro atoms. The van der Waals surface area contributed by atoms with Crippen molar-refractivity contribution in [1.82, 2.24) is 10.6 Å². The van der Waals surface area contributed by atoms with Gasteiger partial charge >= 0.3 is 0 Å². The SMILES string of the molecule is O=C(NC1CCNC1)c1oc2ccccc2c1CSc1cccs1. The van der Waals surface area contributed by atoms with Gasteiger partial charge in [0.05, 0.1) is 4.21 Å². The molecule has 1 aliphatic rings. The van der Waals surface area contributed by atoms with Crippen molar-refractivity contribution in [3.63, 3.8) is 0 Å². The van der Waals surface area contributed by atoms with Gasteiger partial charge in [-0.25, -0.2) is 0 Å². The Balaban J connectivity index is 1.62. The van der Waals surface area contributed by atoms with Gasteiger partial charge in [-0.05, 0) is 30.5 Å². The average Bonchev–Trinajstić information content (AvgIpc) is 3.33. The number of amides is 1. The topological polar surface area (TPSA) is 54.3 Å². The molecule has 1 amide bonds. The highest BCUT2D eigenvalue weighted by molar-refractivity contribution is 8.00. The van der Waals surface area contributed by atoms with E-state index in [9.17, 15) is 4.79 Å². The molecule has 1 atom stereocenters. The monoisotopic (exact) mass is 358 g/mol. The highest BCUT2D eigenvalue weighted by Gasteiger charge is 2.24. The number of carbonyl (C=O) groups excluding carboxylic acids is 1. The van der Waals surface area contributed by atoms with Crippen LogP contribution in [0.3, 0.4) is 0 Å². The summed E-state index contributed by atoms with van der Waals surface area (Å²) in [6, 6.07) is 12.2. The van der Waals surface area contributed by atoms with Crippen LogP contribution in [0.2, 0.25) is 0 Å². The van der Waals surface area contributed by atoms with E-state index < -0.39 is 0 Å². The number of thioether (sulfide) groups is 1. The van der Waals surface area contributed by atoms with Gasteiger partial charge in [0, 0.05) is 29.3 Å². The zero-order valence-electron chi connectivity index (χ0n) is 13.1. The Bertz CT molecular complexity index is 836. The fraction of sp³-hybridized carbons (Fsp3) is 0.278. The molecular formula is C18H18N2O2S2. The first-order chi connectivity index (χ1) is 11.8.